The molecule has 2 aromatic rings. The van der Waals surface area contributed by atoms with E-state index in [1.54, 1.807) is 14.2 Å². The lowest BCUT2D eigenvalue weighted by atomic mass is 10.1. The summed E-state index contributed by atoms with van der Waals surface area (Å²) in [4.78, 5) is 0. The van der Waals surface area contributed by atoms with Crippen LogP contribution in [0.3, 0.4) is 0 Å². The van der Waals surface area contributed by atoms with Gasteiger partial charge in [-0.25, -0.2) is 0 Å². The van der Waals surface area contributed by atoms with E-state index in [1.807, 2.05) is 49.4 Å². The number of rotatable bonds is 5. The van der Waals surface area contributed by atoms with E-state index >= 15 is 0 Å². The highest BCUT2D eigenvalue weighted by molar-refractivity contribution is 5.50. The zero-order chi connectivity index (χ0) is 14.5. The van der Waals surface area contributed by atoms with Crippen LogP contribution in [0.25, 0.3) is 0 Å². The Labute approximate surface area is 119 Å². The molecule has 106 valence electrons. The molecule has 0 radical (unpaired) electrons. The van der Waals surface area contributed by atoms with E-state index in [9.17, 15) is 0 Å². The number of hydrogen-bond donors (Lipinski definition) is 1. The van der Waals surface area contributed by atoms with E-state index in [4.69, 9.17) is 19.9 Å². The van der Waals surface area contributed by atoms with Crippen molar-refractivity contribution in [1.29, 1.82) is 0 Å². The van der Waals surface area contributed by atoms with E-state index < -0.39 is 0 Å². The summed E-state index contributed by atoms with van der Waals surface area (Å²) in [5.74, 6) is 2.70. The van der Waals surface area contributed by atoms with E-state index in [1.165, 1.54) is 0 Å². The van der Waals surface area contributed by atoms with Gasteiger partial charge in [0.05, 0.1) is 19.8 Å². The Bertz CT molecular complexity index is 582. The second-order valence-corrected chi connectivity index (χ2v) is 4.41. The molecule has 0 bridgehead atoms. The highest BCUT2D eigenvalue weighted by Gasteiger charge is 2.16. The summed E-state index contributed by atoms with van der Waals surface area (Å²) in [6, 6.07) is 12.9. The van der Waals surface area contributed by atoms with Crippen LogP contribution in [0.2, 0.25) is 0 Å². The van der Waals surface area contributed by atoms with Crippen LogP contribution in [0.1, 0.15) is 18.5 Å². The number of ether oxygens (including phenoxy) is 3. The smallest absolute Gasteiger partial charge is 0.169 e. The van der Waals surface area contributed by atoms with Gasteiger partial charge in [-0.05, 0) is 31.2 Å². The molecular formula is C16H19NO3. The average Bonchev–Trinajstić information content (AvgIpc) is 2.47. The van der Waals surface area contributed by atoms with Crippen LogP contribution in [0, 0.1) is 0 Å². The maximum Gasteiger partial charge on any atom is 0.169 e. The minimum Gasteiger partial charge on any atom is -0.496 e. The molecule has 0 aliphatic heterocycles. The first-order valence-corrected chi connectivity index (χ1v) is 6.40. The Hall–Kier alpha value is -2.20. The lowest BCUT2D eigenvalue weighted by Gasteiger charge is -2.18. The maximum atomic E-state index is 6.02. The van der Waals surface area contributed by atoms with Crippen molar-refractivity contribution in [1.82, 2.24) is 0 Å². The normalized spacial score (nSPS) is 11.8. The fraction of sp³-hybridized carbons (Fsp3) is 0.250. The Morgan fingerprint density at radius 1 is 0.800 bits per heavy atom. The Kier molecular flexibility index (Phi) is 4.48. The fourth-order valence-electron chi connectivity index (χ4n) is 2.06. The largest absolute Gasteiger partial charge is 0.496 e. The molecule has 0 aliphatic rings. The molecule has 2 aromatic carbocycles. The summed E-state index contributed by atoms with van der Waals surface area (Å²) in [5.41, 5.74) is 6.86. The molecule has 0 heterocycles. The lowest BCUT2D eigenvalue weighted by Crippen LogP contribution is -2.08. The van der Waals surface area contributed by atoms with Crippen molar-refractivity contribution in [2.75, 3.05) is 14.2 Å². The number of benzene rings is 2. The van der Waals surface area contributed by atoms with Crippen LogP contribution in [0.5, 0.6) is 23.0 Å². The third-order valence-electron chi connectivity index (χ3n) is 2.99. The zero-order valence-electron chi connectivity index (χ0n) is 11.9. The SMILES string of the molecule is COc1ccccc1Oc1cccc(OC)c1C(C)N. The number of nitrogens with two attached hydrogens (primary N) is 1. The van der Waals surface area contributed by atoms with E-state index in [0.717, 1.165) is 5.56 Å². The highest BCUT2D eigenvalue weighted by atomic mass is 16.5. The molecule has 0 fully saturated rings. The van der Waals surface area contributed by atoms with E-state index in [0.29, 0.717) is 23.0 Å². The van der Waals surface area contributed by atoms with Gasteiger partial charge in [0, 0.05) is 6.04 Å². The first kappa shape index (κ1) is 14.2. The fourth-order valence-corrected chi connectivity index (χ4v) is 2.06. The summed E-state index contributed by atoms with van der Waals surface area (Å²) in [6.45, 7) is 1.90. The van der Waals surface area contributed by atoms with Gasteiger partial charge in [0.1, 0.15) is 11.5 Å². The van der Waals surface area contributed by atoms with Crippen molar-refractivity contribution in [3.63, 3.8) is 0 Å². The van der Waals surface area contributed by atoms with Gasteiger partial charge in [0.15, 0.2) is 11.5 Å². The molecule has 0 saturated carbocycles. The molecule has 2 N–H and O–H groups in total. The van der Waals surface area contributed by atoms with Crippen molar-refractivity contribution in [2.24, 2.45) is 5.73 Å². The van der Waals surface area contributed by atoms with Crippen molar-refractivity contribution in [3.8, 4) is 23.0 Å². The van der Waals surface area contributed by atoms with Crippen LogP contribution >= 0.6 is 0 Å². The molecule has 1 atom stereocenters. The van der Waals surface area contributed by atoms with E-state index in [2.05, 4.69) is 0 Å². The molecule has 2 rings (SSSR count). The van der Waals surface area contributed by atoms with Gasteiger partial charge in [0.25, 0.3) is 0 Å². The molecule has 20 heavy (non-hydrogen) atoms. The monoisotopic (exact) mass is 273 g/mol. The molecule has 1 unspecified atom stereocenters. The lowest BCUT2D eigenvalue weighted by molar-refractivity contribution is 0.371. The van der Waals surface area contributed by atoms with Gasteiger partial charge >= 0.3 is 0 Å². The minimum absolute atomic E-state index is 0.198. The van der Waals surface area contributed by atoms with Gasteiger partial charge in [-0.1, -0.05) is 18.2 Å². The van der Waals surface area contributed by atoms with Crippen molar-refractivity contribution >= 4 is 0 Å². The Morgan fingerprint density at radius 3 is 1.95 bits per heavy atom. The molecule has 0 aromatic heterocycles. The van der Waals surface area contributed by atoms with Crippen LogP contribution in [0.15, 0.2) is 42.5 Å². The van der Waals surface area contributed by atoms with Crippen LogP contribution in [-0.4, -0.2) is 14.2 Å². The topological polar surface area (TPSA) is 53.7 Å². The van der Waals surface area contributed by atoms with Crippen LogP contribution in [0.4, 0.5) is 0 Å². The summed E-state index contributed by atoms with van der Waals surface area (Å²) in [7, 11) is 3.23. The first-order chi connectivity index (χ1) is 9.67. The van der Waals surface area contributed by atoms with Crippen molar-refractivity contribution in [2.45, 2.75) is 13.0 Å². The Balaban J connectivity index is 2.43. The van der Waals surface area contributed by atoms with Gasteiger partial charge in [-0.3, -0.25) is 0 Å². The first-order valence-electron chi connectivity index (χ1n) is 6.40. The summed E-state index contributed by atoms with van der Waals surface area (Å²) in [6.07, 6.45) is 0. The van der Waals surface area contributed by atoms with E-state index in [-0.39, 0.29) is 6.04 Å². The second kappa shape index (κ2) is 6.30. The van der Waals surface area contributed by atoms with Crippen molar-refractivity contribution < 1.29 is 14.2 Å². The summed E-state index contributed by atoms with van der Waals surface area (Å²) in [5, 5.41) is 0. The van der Waals surface area contributed by atoms with Crippen LogP contribution < -0.4 is 19.9 Å². The number of para-hydroxylation sites is 2. The van der Waals surface area contributed by atoms with Gasteiger partial charge < -0.3 is 19.9 Å². The third-order valence-corrected chi connectivity index (χ3v) is 2.99. The summed E-state index contributed by atoms with van der Waals surface area (Å²) >= 11 is 0. The molecule has 4 nitrogen and oxygen atoms in total. The Morgan fingerprint density at radius 2 is 1.35 bits per heavy atom. The van der Waals surface area contributed by atoms with Crippen molar-refractivity contribution in [3.05, 3.63) is 48.0 Å². The third kappa shape index (κ3) is 2.86. The van der Waals surface area contributed by atoms with Gasteiger partial charge in [-0.2, -0.15) is 0 Å². The minimum atomic E-state index is -0.198. The predicted octanol–water partition coefficient (Wildman–Crippen LogP) is 3.52. The van der Waals surface area contributed by atoms with Crippen LogP contribution in [-0.2, 0) is 0 Å². The highest BCUT2D eigenvalue weighted by Crippen LogP contribution is 2.38. The molecule has 4 heteroatoms. The van der Waals surface area contributed by atoms with Gasteiger partial charge in [-0.15, -0.1) is 0 Å². The second-order valence-electron chi connectivity index (χ2n) is 4.41. The molecule has 0 amide bonds. The predicted molar refractivity (Wildman–Crippen MR) is 78.7 cm³/mol. The molecule has 0 saturated heterocycles. The molecular weight excluding hydrogens is 254 g/mol. The maximum absolute atomic E-state index is 6.02. The summed E-state index contributed by atoms with van der Waals surface area (Å²) < 4.78 is 16.6. The zero-order valence-corrected chi connectivity index (χ0v) is 11.9. The number of methoxy groups -OCH3 is 2. The number of hydrogen-bond acceptors (Lipinski definition) is 4. The quantitative estimate of drug-likeness (QED) is 0.905. The molecule has 0 spiro atoms. The van der Waals surface area contributed by atoms with Gasteiger partial charge in [0.2, 0.25) is 0 Å². The molecule has 0 aliphatic carbocycles. The standard InChI is InChI=1S/C16H19NO3/c1-11(17)16-14(19-3)9-6-10-15(16)20-13-8-5-4-7-12(13)18-2/h4-11H,17H2,1-3H3. The average molecular weight is 273 g/mol.